The molecule has 3 rings (SSSR count). The number of hydrogen-bond acceptors (Lipinski definition) is 3. The third-order valence-corrected chi connectivity index (χ3v) is 4.20. The molecule has 0 amide bonds. The summed E-state index contributed by atoms with van der Waals surface area (Å²) in [6.45, 7) is 0.419. The van der Waals surface area contributed by atoms with E-state index < -0.39 is 0 Å². The Hall–Kier alpha value is -1.49. The van der Waals surface area contributed by atoms with E-state index in [1.165, 1.54) is 0 Å². The molecule has 2 aromatic carbocycles. The van der Waals surface area contributed by atoms with Crippen LogP contribution in [0, 0.1) is 0 Å². The lowest BCUT2D eigenvalue weighted by atomic mass is 10.2. The van der Waals surface area contributed by atoms with Crippen molar-refractivity contribution in [3.63, 3.8) is 0 Å². The van der Waals surface area contributed by atoms with Gasteiger partial charge in [-0.05, 0) is 29.8 Å². The Balaban J connectivity index is 1.99. The van der Waals surface area contributed by atoms with Gasteiger partial charge >= 0.3 is 0 Å². The zero-order valence-corrected chi connectivity index (χ0v) is 11.6. The highest BCUT2D eigenvalue weighted by molar-refractivity contribution is 7.99. The average molecular weight is 290 g/mol. The van der Waals surface area contributed by atoms with Gasteiger partial charge in [0.05, 0.1) is 11.0 Å². The van der Waals surface area contributed by atoms with Crippen LogP contribution in [-0.4, -0.2) is 9.97 Å². The van der Waals surface area contributed by atoms with Gasteiger partial charge in [-0.15, -0.1) is 0 Å². The van der Waals surface area contributed by atoms with E-state index in [9.17, 15) is 0 Å². The number of hydrogen-bond donors (Lipinski definition) is 2. The number of nitrogens with zero attached hydrogens (tertiary/aromatic N) is 1. The van der Waals surface area contributed by atoms with E-state index >= 15 is 0 Å². The van der Waals surface area contributed by atoms with E-state index in [2.05, 4.69) is 9.97 Å². The minimum atomic E-state index is 0.419. The number of nitrogens with two attached hydrogens (primary N) is 1. The molecular formula is C14H12ClN3S. The fourth-order valence-electron chi connectivity index (χ4n) is 1.91. The molecule has 0 fully saturated rings. The Morgan fingerprint density at radius 2 is 2.00 bits per heavy atom. The molecule has 1 heterocycles. The van der Waals surface area contributed by atoms with Crippen molar-refractivity contribution < 1.29 is 0 Å². The lowest BCUT2D eigenvalue weighted by molar-refractivity contribution is 1.02. The fraction of sp³-hybridized carbons (Fsp3) is 0.0714. The van der Waals surface area contributed by atoms with E-state index in [-0.39, 0.29) is 0 Å². The molecule has 19 heavy (non-hydrogen) atoms. The first-order valence-corrected chi connectivity index (χ1v) is 7.07. The van der Waals surface area contributed by atoms with Gasteiger partial charge in [0, 0.05) is 16.5 Å². The number of para-hydroxylation sites is 2. The largest absolute Gasteiger partial charge is 0.333 e. The van der Waals surface area contributed by atoms with Gasteiger partial charge in [-0.3, -0.25) is 0 Å². The van der Waals surface area contributed by atoms with Crippen molar-refractivity contribution in [3.8, 4) is 0 Å². The zero-order valence-electron chi connectivity index (χ0n) is 10.1. The summed E-state index contributed by atoms with van der Waals surface area (Å²) in [4.78, 5) is 8.86. The van der Waals surface area contributed by atoms with Gasteiger partial charge < -0.3 is 10.7 Å². The lowest BCUT2D eigenvalue weighted by Crippen LogP contribution is -1.99. The molecular weight excluding hydrogens is 278 g/mol. The highest BCUT2D eigenvalue weighted by Crippen LogP contribution is 2.32. The van der Waals surface area contributed by atoms with Crippen LogP contribution in [0.25, 0.3) is 11.0 Å². The van der Waals surface area contributed by atoms with Crippen LogP contribution in [0.15, 0.2) is 52.5 Å². The van der Waals surface area contributed by atoms with Gasteiger partial charge in [0.2, 0.25) is 0 Å². The molecule has 0 atom stereocenters. The summed E-state index contributed by atoms with van der Waals surface area (Å²) in [5, 5.41) is 1.54. The predicted molar refractivity (Wildman–Crippen MR) is 79.6 cm³/mol. The first kappa shape index (κ1) is 12.5. The number of aromatic nitrogens is 2. The summed E-state index contributed by atoms with van der Waals surface area (Å²) < 4.78 is 0. The summed E-state index contributed by atoms with van der Waals surface area (Å²) in [5.74, 6) is 0. The number of H-pyrrole nitrogens is 1. The van der Waals surface area contributed by atoms with Crippen LogP contribution in [0.4, 0.5) is 0 Å². The van der Waals surface area contributed by atoms with Crippen LogP contribution in [0.5, 0.6) is 0 Å². The number of imidazole rings is 1. The number of benzene rings is 2. The van der Waals surface area contributed by atoms with Gasteiger partial charge in [0.1, 0.15) is 0 Å². The van der Waals surface area contributed by atoms with Gasteiger partial charge in [-0.1, -0.05) is 41.6 Å². The Kier molecular flexibility index (Phi) is 3.46. The number of nitrogens with one attached hydrogen (secondary N) is 1. The molecule has 0 saturated heterocycles. The molecule has 1 aromatic heterocycles. The summed E-state index contributed by atoms with van der Waals surface area (Å²) in [6.07, 6.45) is 0. The van der Waals surface area contributed by atoms with E-state index in [4.69, 9.17) is 17.3 Å². The highest BCUT2D eigenvalue weighted by Gasteiger charge is 2.09. The summed E-state index contributed by atoms with van der Waals surface area (Å²) >= 11 is 7.70. The van der Waals surface area contributed by atoms with Crippen LogP contribution in [-0.2, 0) is 6.54 Å². The average Bonchev–Trinajstić information content (AvgIpc) is 2.81. The van der Waals surface area contributed by atoms with Crippen LogP contribution in [0.2, 0.25) is 5.02 Å². The molecule has 0 radical (unpaired) electrons. The molecule has 0 aliphatic heterocycles. The predicted octanol–water partition coefficient (Wildman–Crippen LogP) is 3.83. The topological polar surface area (TPSA) is 54.7 Å². The molecule has 3 nitrogen and oxygen atoms in total. The molecule has 0 bridgehead atoms. The Morgan fingerprint density at radius 1 is 1.16 bits per heavy atom. The molecule has 0 spiro atoms. The van der Waals surface area contributed by atoms with Gasteiger partial charge in [-0.2, -0.15) is 0 Å². The van der Waals surface area contributed by atoms with Crippen LogP contribution >= 0.6 is 23.4 Å². The molecule has 0 saturated carbocycles. The van der Waals surface area contributed by atoms with Crippen molar-refractivity contribution in [2.75, 3.05) is 0 Å². The maximum atomic E-state index is 6.15. The molecule has 0 aliphatic carbocycles. The summed E-state index contributed by atoms with van der Waals surface area (Å²) in [7, 11) is 0. The van der Waals surface area contributed by atoms with E-state index in [0.717, 1.165) is 26.6 Å². The van der Waals surface area contributed by atoms with Gasteiger partial charge in [-0.25, -0.2) is 4.98 Å². The minimum absolute atomic E-state index is 0.419. The third kappa shape index (κ3) is 2.47. The minimum Gasteiger partial charge on any atom is -0.333 e. The Morgan fingerprint density at radius 3 is 2.79 bits per heavy atom. The van der Waals surface area contributed by atoms with Crippen molar-refractivity contribution in [3.05, 3.63) is 53.1 Å². The fourth-order valence-corrected chi connectivity index (χ4v) is 3.20. The number of aromatic amines is 1. The molecule has 3 aromatic rings. The van der Waals surface area contributed by atoms with Crippen molar-refractivity contribution >= 4 is 34.4 Å². The number of rotatable bonds is 3. The molecule has 0 unspecified atom stereocenters. The maximum Gasteiger partial charge on any atom is 0.171 e. The third-order valence-electron chi connectivity index (χ3n) is 2.85. The van der Waals surface area contributed by atoms with Gasteiger partial charge in [0.15, 0.2) is 5.16 Å². The first-order valence-electron chi connectivity index (χ1n) is 5.88. The Bertz CT molecular complexity index is 691. The highest BCUT2D eigenvalue weighted by atomic mass is 35.5. The normalized spacial score (nSPS) is 11.1. The quantitative estimate of drug-likeness (QED) is 0.770. The monoisotopic (exact) mass is 289 g/mol. The van der Waals surface area contributed by atoms with Crippen molar-refractivity contribution in [1.29, 1.82) is 0 Å². The first-order chi connectivity index (χ1) is 9.28. The lowest BCUT2D eigenvalue weighted by Gasteiger charge is -2.07. The van der Waals surface area contributed by atoms with E-state index in [1.54, 1.807) is 11.8 Å². The smallest absolute Gasteiger partial charge is 0.171 e. The molecule has 0 aliphatic rings. The molecule has 3 N–H and O–H groups in total. The van der Waals surface area contributed by atoms with Gasteiger partial charge in [0.25, 0.3) is 0 Å². The Labute approximate surface area is 120 Å². The van der Waals surface area contributed by atoms with Crippen LogP contribution in [0.3, 0.4) is 0 Å². The number of halogens is 1. The second-order valence-corrected chi connectivity index (χ2v) is 5.52. The molecule has 5 heteroatoms. The zero-order chi connectivity index (χ0) is 13.2. The van der Waals surface area contributed by atoms with Crippen LogP contribution in [0.1, 0.15) is 5.56 Å². The second-order valence-electron chi connectivity index (χ2n) is 4.08. The van der Waals surface area contributed by atoms with Crippen molar-refractivity contribution in [2.45, 2.75) is 16.6 Å². The SMILES string of the molecule is NCc1c(Cl)cccc1Sc1nc2ccccc2[nH]1. The van der Waals surface area contributed by atoms with E-state index in [1.807, 2.05) is 42.5 Å². The number of fused-ring (bicyclic) bond motifs is 1. The van der Waals surface area contributed by atoms with Crippen LogP contribution < -0.4 is 5.73 Å². The van der Waals surface area contributed by atoms with E-state index in [0.29, 0.717) is 11.6 Å². The van der Waals surface area contributed by atoms with Crippen molar-refractivity contribution in [2.24, 2.45) is 5.73 Å². The summed E-state index contributed by atoms with van der Waals surface area (Å²) in [6, 6.07) is 13.7. The standard InChI is InChI=1S/C14H12ClN3S/c15-10-4-3-7-13(9(10)8-16)19-14-17-11-5-1-2-6-12(11)18-14/h1-7H,8,16H2,(H,17,18). The maximum absolute atomic E-state index is 6.15. The molecule has 96 valence electrons. The van der Waals surface area contributed by atoms with Crippen molar-refractivity contribution in [1.82, 2.24) is 9.97 Å². The second kappa shape index (κ2) is 5.25. The summed E-state index contributed by atoms with van der Waals surface area (Å²) in [5.41, 5.74) is 8.69.